The molecule has 0 bridgehead atoms. The molecular weight excluding hydrogens is 224 g/mol. The van der Waals surface area contributed by atoms with E-state index in [2.05, 4.69) is 19.2 Å². The van der Waals surface area contributed by atoms with Crippen LogP contribution in [0.15, 0.2) is 30.3 Å². The number of hydrogen-bond acceptors (Lipinski definition) is 2. The fraction of sp³-hybridized carbons (Fsp3) is 0.400. The maximum absolute atomic E-state index is 11.5. The third-order valence-electron chi connectivity index (χ3n) is 2.62. The third-order valence-corrected chi connectivity index (χ3v) is 2.62. The molecule has 0 heterocycles. The Bertz CT molecular complexity index is 393. The van der Waals surface area contributed by atoms with Gasteiger partial charge in [-0.25, -0.2) is 0 Å². The van der Waals surface area contributed by atoms with Crippen molar-refractivity contribution in [2.75, 3.05) is 12.3 Å². The summed E-state index contributed by atoms with van der Waals surface area (Å²) < 4.78 is 0. The zero-order chi connectivity index (χ0) is 13.4. The molecule has 0 saturated heterocycles. The van der Waals surface area contributed by atoms with E-state index in [0.717, 1.165) is 30.6 Å². The molecule has 0 spiro atoms. The number of nitrogens with one attached hydrogen (secondary N) is 1. The standard InChI is InChI=1S/C15H22N2O/c1-12(2)4-3-11-17-15(18)10-7-13-5-8-14(16)9-6-13/h5-10,12H,3-4,11,16H2,1-2H3,(H,17,18)/b10-7+. The lowest BCUT2D eigenvalue weighted by Crippen LogP contribution is -2.22. The number of amides is 1. The van der Waals surface area contributed by atoms with E-state index in [0.29, 0.717) is 5.92 Å². The minimum Gasteiger partial charge on any atom is -0.399 e. The Kier molecular flexibility index (Phi) is 5.98. The predicted octanol–water partition coefficient (Wildman–Crippen LogP) is 2.83. The first-order valence-corrected chi connectivity index (χ1v) is 6.39. The molecule has 1 aromatic rings. The van der Waals surface area contributed by atoms with Crippen LogP contribution in [0.3, 0.4) is 0 Å². The molecule has 3 heteroatoms. The van der Waals surface area contributed by atoms with E-state index in [1.807, 2.05) is 24.3 Å². The van der Waals surface area contributed by atoms with Crippen LogP contribution in [0, 0.1) is 5.92 Å². The summed E-state index contributed by atoms with van der Waals surface area (Å²) in [5.74, 6) is 0.641. The van der Waals surface area contributed by atoms with Crippen molar-refractivity contribution in [3.8, 4) is 0 Å². The van der Waals surface area contributed by atoms with Crippen molar-refractivity contribution in [3.05, 3.63) is 35.9 Å². The Morgan fingerprint density at radius 3 is 2.61 bits per heavy atom. The van der Waals surface area contributed by atoms with Crippen molar-refractivity contribution in [2.45, 2.75) is 26.7 Å². The molecule has 1 aromatic carbocycles. The van der Waals surface area contributed by atoms with Crippen molar-refractivity contribution in [1.82, 2.24) is 5.32 Å². The highest BCUT2D eigenvalue weighted by Gasteiger charge is 1.97. The van der Waals surface area contributed by atoms with Gasteiger partial charge in [-0.15, -0.1) is 0 Å². The molecule has 0 unspecified atom stereocenters. The topological polar surface area (TPSA) is 55.1 Å². The lowest BCUT2D eigenvalue weighted by atomic mass is 10.1. The summed E-state index contributed by atoms with van der Waals surface area (Å²) in [7, 11) is 0. The van der Waals surface area contributed by atoms with E-state index in [9.17, 15) is 4.79 Å². The number of carbonyl (C=O) groups excluding carboxylic acids is 1. The summed E-state index contributed by atoms with van der Waals surface area (Å²) in [5, 5.41) is 2.87. The van der Waals surface area contributed by atoms with E-state index >= 15 is 0 Å². The number of rotatable bonds is 6. The summed E-state index contributed by atoms with van der Waals surface area (Å²) in [6, 6.07) is 7.41. The Hall–Kier alpha value is -1.77. The van der Waals surface area contributed by atoms with Gasteiger partial charge in [0.25, 0.3) is 0 Å². The van der Waals surface area contributed by atoms with Crippen LogP contribution in [0.2, 0.25) is 0 Å². The maximum Gasteiger partial charge on any atom is 0.243 e. The van der Waals surface area contributed by atoms with Gasteiger partial charge in [-0.3, -0.25) is 4.79 Å². The number of hydrogen-bond donors (Lipinski definition) is 2. The molecule has 3 N–H and O–H groups in total. The van der Waals surface area contributed by atoms with E-state index in [-0.39, 0.29) is 5.91 Å². The van der Waals surface area contributed by atoms with Crippen LogP contribution < -0.4 is 11.1 Å². The minimum absolute atomic E-state index is 0.0458. The summed E-state index contributed by atoms with van der Waals surface area (Å²) in [4.78, 5) is 11.5. The van der Waals surface area contributed by atoms with Gasteiger partial charge in [0.15, 0.2) is 0 Å². The smallest absolute Gasteiger partial charge is 0.243 e. The largest absolute Gasteiger partial charge is 0.399 e. The SMILES string of the molecule is CC(C)CCCNC(=O)/C=C/c1ccc(N)cc1. The second kappa shape index (κ2) is 7.54. The average Bonchev–Trinajstić information content (AvgIpc) is 2.34. The first-order valence-electron chi connectivity index (χ1n) is 6.39. The number of benzene rings is 1. The first kappa shape index (κ1) is 14.3. The zero-order valence-electron chi connectivity index (χ0n) is 11.1. The molecule has 0 aliphatic carbocycles. The second-order valence-electron chi connectivity index (χ2n) is 4.83. The van der Waals surface area contributed by atoms with E-state index < -0.39 is 0 Å². The molecule has 0 fully saturated rings. The van der Waals surface area contributed by atoms with Crippen molar-refractivity contribution in [3.63, 3.8) is 0 Å². The number of nitrogen functional groups attached to an aromatic ring is 1. The van der Waals surface area contributed by atoms with Crippen molar-refractivity contribution in [2.24, 2.45) is 5.92 Å². The lowest BCUT2D eigenvalue weighted by Gasteiger charge is -2.04. The van der Waals surface area contributed by atoms with Gasteiger partial charge in [-0.05, 0) is 42.5 Å². The van der Waals surface area contributed by atoms with E-state index in [4.69, 9.17) is 5.73 Å². The summed E-state index contributed by atoms with van der Waals surface area (Å²) in [5.41, 5.74) is 7.29. The summed E-state index contributed by atoms with van der Waals surface area (Å²) in [6.07, 6.45) is 5.51. The highest BCUT2D eigenvalue weighted by Crippen LogP contribution is 2.06. The second-order valence-corrected chi connectivity index (χ2v) is 4.83. The van der Waals surface area contributed by atoms with Crippen LogP contribution in [0.5, 0.6) is 0 Å². The van der Waals surface area contributed by atoms with Crippen molar-refractivity contribution >= 4 is 17.7 Å². The Balaban J connectivity index is 2.29. The number of carbonyl (C=O) groups is 1. The average molecular weight is 246 g/mol. The fourth-order valence-corrected chi connectivity index (χ4v) is 1.56. The Morgan fingerprint density at radius 1 is 1.33 bits per heavy atom. The summed E-state index contributed by atoms with van der Waals surface area (Å²) >= 11 is 0. The molecule has 0 atom stereocenters. The number of nitrogens with two attached hydrogens (primary N) is 1. The molecule has 0 aliphatic heterocycles. The Morgan fingerprint density at radius 2 is 2.00 bits per heavy atom. The molecule has 1 rings (SSSR count). The minimum atomic E-state index is -0.0458. The molecule has 0 aliphatic rings. The highest BCUT2D eigenvalue weighted by atomic mass is 16.1. The van der Waals surface area contributed by atoms with Crippen molar-refractivity contribution < 1.29 is 4.79 Å². The highest BCUT2D eigenvalue weighted by molar-refractivity contribution is 5.91. The van der Waals surface area contributed by atoms with Gasteiger partial charge < -0.3 is 11.1 Å². The van der Waals surface area contributed by atoms with Crippen LogP contribution in [0.25, 0.3) is 6.08 Å². The van der Waals surface area contributed by atoms with Gasteiger partial charge in [0, 0.05) is 18.3 Å². The van der Waals surface area contributed by atoms with Gasteiger partial charge in [-0.2, -0.15) is 0 Å². The van der Waals surface area contributed by atoms with E-state index in [1.54, 1.807) is 12.2 Å². The third kappa shape index (κ3) is 6.09. The quantitative estimate of drug-likeness (QED) is 0.460. The molecule has 0 aromatic heterocycles. The maximum atomic E-state index is 11.5. The van der Waals surface area contributed by atoms with Gasteiger partial charge in [0.2, 0.25) is 5.91 Å². The zero-order valence-corrected chi connectivity index (χ0v) is 11.1. The van der Waals surface area contributed by atoms with Crippen molar-refractivity contribution in [1.29, 1.82) is 0 Å². The van der Waals surface area contributed by atoms with E-state index in [1.165, 1.54) is 0 Å². The van der Waals surface area contributed by atoms with Gasteiger partial charge in [-0.1, -0.05) is 26.0 Å². The molecular formula is C15H22N2O. The lowest BCUT2D eigenvalue weighted by molar-refractivity contribution is -0.116. The molecule has 3 nitrogen and oxygen atoms in total. The van der Waals surface area contributed by atoms with Gasteiger partial charge in [0.1, 0.15) is 0 Å². The monoisotopic (exact) mass is 246 g/mol. The Labute approximate surface area is 109 Å². The molecule has 0 radical (unpaired) electrons. The van der Waals surface area contributed by atoms with Crippen LogP contribution >= 0.6 is 0 Å². The van der Waals surface area contributed by atoms with Crippen LogP contribution in [0.4, 0.5) is 5.69 Å². The van der Waals surface area contributed by atoms with Crippen LogP contribution in [-0.2, 0) is 4.79 Å². The molecule has 0 saturated carbocycles. The predicted molar refractivity (Wildman–Crippen MR) is 77.0 cm³/mol. The molecule has 98 valence electrons. The normalized spacial score (nSPS) is 11.1. The van der Waals surface area contributed by atoms with Gasteiger partial charge in [0.05, 0.1) is 0 Å². The first-order chi connectivity index (χ1) is 8.58. The molecule has 1 amide bonds. The number of anilines is 1. The van der Waals surface area contributed by atoms with Crippen LogP contribution in [-0.4, -0.2) is 12.5 Å². The van der Waals surface area contributed by atoms with Gasteiger partial charge >= 0.3 is 0 Å². The fourth-order valence-electron chi connectivity index (χ4n) is 1.56. The van der Waals surface area contributed by atoms with Crippen LogP contribution in [0.1, 0.15) is 32.3 Å². The summed E-state index contributed by atoms with van der Waals surface area (Å²) in [6.45, 7) is 5.11. The molecule has 18 heavy (non-hydrogen) atoms.